The van der Waals surface area contributed by atoms with Crippen molar-refractivity contribution in [1.29, 1.82) is 0 Å². The van der Waals surface area contributed by atoms with Crippen molar-refractivity contribution in [3.05, 3.63) is 23.8 Å². The molecule has 120 valence electrons. The van der Waals surface area contributed by atoms with E-state index in [9.17, 15) is 14.4 Å². The molecule has 0 saturated carbocycles. The van der Waals surface area contributed by atoms with Gasteiger partial charge in [0.05, 0.1) is 20.6 Å². The SMILES string of the molecule is COC(=O)c1ccc(NC(=O)N(C)CCC(=O)O)cc1OC. The van der Waals surface area contributed by atoms with Crippen LogP contribution >= 0.6 is 0 Å². The Balaban J connectivity index is 2.79. The molecule has 0 saturated heterocycles. The third-order valence-electron chi connectivity index (χ3n) is 2.87. The molecule has 8 heteroatoms. The lowest BCUT2D eigenvalue weighted by atomic mass is 10.2. The third-order valence-corrected chi connectivity index (χ3v) is 2.87. The molecule has 1 aromatic carbocycles. The number of carboxylic acids is 1. The van der Waals surface area contributed by atoms with Gasteiger partial charge in [-0.2, -0.15) is 0 Å². The molecule has 2 amide bonds. The second-order valence-electron chi connectivity index (χ2n) is 4.40. The number of urea groups is 1. The van der Waals surface area contributed by atoms with Gasteiger partial charge in [0.1, 0.15) is 11.3 Å². The average Bonchev–Trinajstić information content (AvgIpc) is 2.51. The highest BCUT2D eigenvalue weighted by Crippen LogP contribution is 2.24. The van der Waals surface area contributed by atoms with E-state index in [0.29, 0.717) is 5.69 Å². The second-order valence-corrected chi connectivity index (χ2v) is 4.40. The summed E-state index contributed by atoms with van der Waals surface area (Å²) in [6.07, 6.45) is -0.144. The van der Waals surface area contributed by atoms with Crippen LogP contribution in [0.4, 0.5) is 10.5 Å². The van der Waals surface area contributed by atoms with Gasteiger partial charge >= 0.3 is 18.0 Å². The van der Waals surface area contributed by atoms with Crippen LogP contribution in [0.3, 0.4) is 0 Å². The number of nitrogens with zero attached hydrogens (tertiary/aromatic N) is 1. The number of hydrogen-bond donors (Lipinski definition) is 2. The molecule has 0 bridgehead atoms. The molecular weight excluding hydrogens is 292 g/mol. The minimum absolute atomic E-state index is 0.0819. The zero-order valence-corrected chi connectivity index (χ0v) is 12.6. The van der Waals surface area contributed by atoms with E-state index >= 15 is 0 Å². The first kappa shape index (κ1) is 17.3. The monoisotopic (exact) mass is 310 g/mol. The minimum atomic E-state index is -0.983. The van der Waals surface area contributed by atoms with Crippen LogP contribution in [0.5, 0.6) is 5.75 Å². The zero-order chi connectivity index (χ0) is 16.7. The van der Waals surface area contributed by atoms with Crippen LogP contribution in [0.25, 0.3) is 0 Å². The number of carboxylic acid groups (broad SMARTS) is 1. The van der Waals surface area contributed by atoms with Gasteiger partial charge < -0.3 is 24.8 Å². The molecule has 2 N–H and O–H groups in total. The van der Waals surface area contributed by atoms with Gasteiger partial charge in [-0.25, -0.2) is 9.59 Å². The van der Waals surface area contributed by atoms with Gasteiger partial charge in [-0.05, 0) is 12.1 Å². The summed E-state index contributed by atoms with van der Waals surface area (Å²) in [7, 11) is 4.14. The van der Waals surface area contributed by atoms with Crippen LogP contribution < -0.4 is 10.1 Å². The fourth-order valence-corrected chi connectivity index (χ4v) is 1.63. The van der Waals surface area contributed by atoms with E-state index in [-0.39, 0.29) is 24.3 Å². The third kappa shape index (κ3) is 4.65. The molecular formula is C14H18N2O6. The van der Waals surface area contributed by atoms with E-state index in [0.717, 1.165) is 0 Å². The lowest BCUT2D eigenvalue weighted by molar-refractivity contribution is -0.137. The van der Waals surface area contributed by atoms with E-state index in [1.54, 1.807) is 0 Å². The van der Waals surface area contributed by atoms with Crippen LogP contribution in [0.15, 0.2) is 18.2 Å². The minimum Gasteiger partial charge on any atom is -0.496 e. The lowest BCUT2D eigenvalue weighted by Gasteiger charge is -2.17. The fourth-order valence-electron chi connectivity index (χ4n) is 1.63. The van der Waals surface area contributed by atoms with Crippen molar-refractivity contribution in [3.8, 4) is 5.75 Å². The maximum absolute atomic E-state index is 11.9. The topological polar surface area (TPSA) is 105 Å². The molecule has 0 aliphatic heterocycles. The van der Waals surface area contributed by atoms with Gasteiger partial charge in [-0.3, -0.25) is 4.79 Å². The summed E-state index contributed by atoms with van der Waals surface area (Å²) in [6.45, 7) is 0.0819. The molecule has 0 fully saturated rings. The number of hydrogen-bond acceptors (Lipinski definition) is 5. The van der Waals surface area contributed by atoms with E-state index in [1.165, 1.54) is 44.4 Å². The smallest absolute Gasteiger partial charge is 0.341 e. The van der Waals surface area contributed by atoms with Gasteiger partial charge in [0, 0.05) is 25.3 Å². The molecule has 0 spiro atoms. The van der Waals surface area contributed by atoms with Crippen LogP contribution in [-0.4, -0.2) is 55.8 Å². The van der Waals surface area contributed by atoms with Crippen molar-refractivity contribution < 1.29 is 29.0 Å². The highest BCUT2D eigenvalue weighted by molar-refractivity contribution is 5.95. The average molecular weight is 310 g/mol. The summed E-state index contributed by atoms with van der Waals surface area (Å²) < 4.78 is 9.71. The number of esters is 1. The van der Waals surface area contributed by atoms with Gasteiger partial charge in [0.2, 0.25) is 0 Å². The number of benzene rings is 1. The van der Waals surface area contributed by atoms with E-state index < -0.39 is 18.0 Å². The summed E-state index contributed by atoms with van der Waals surface area (Å²) in [6, 6.07) is 4.01. The largest absolute Gasteiger partial charge is 0.496 e. The molecule has 0 atom stereocenters. The Hall–Kier alpha value is -2.77. The summed E-state index contributed by atoms with van der Waals surface area (Å²) in [5.74, 6) is -1.27. The number of anilines is 1. The van der Waals surface area contributed by atoms with Crippen molar-refractivity contribution in [1.82, 2.24) is 4.90 Å². The Labute approximate surface area is 127 Å². The molecule has 0 aliphatic carbocycles. The first-order chi connectivity index (χ1) is 10.4. The predicted molar refractivity (Wildman–Crippen MR) is 78.2 cm³/mol. The molecule has 0 heterocycles. The summed E-state index contributed by atoms with van der Waals surface area (Å²) in [5.41, 5.74) is 0.652. The molecule has 0 aromatic heterocycles. The summed E-state index contributed by atoms with van der Waals surface area (Å²) in [4.78, 5) is 35.1. The molecule has 0 aliphatic rings. The van der Waals surface area contributed by atoms with Crippen molar-refractivity contribution in [2.45, 2.75) is 6.42 Å². The number of nitrogens with one attached hydrogen (secondary N) is 1. The Morgan fingerprint density at radius 2 is 1.95 bits per heavy atom. The van der Waals surface area contributed by atoms with Crippen molar-refractivity contribution in [2.75, 3.05) is 33.1 Å². The van der Waals surface area contributed by atoms with Crippen LogP contribution in [0, 0.1) is 0 Å². The number of carbonyl (C=O) groups is 3. The molecule has 0 radical (unpaired) electrons. The molecule has 22 heavy (non-hydrogen) atoms. The number of ether oxygens (including phenoxy) is 2. The Morgan fingerprint density at radius 1 is 1.27 bits per heavy atom. The normalized spacial score (nSPS) is 9.77. The highest BCUT2D eigenvalue weighted by Gasteiger charge is 2.15. The number of carbonyl (C=O) groups excluding carboxylic acids is 2. The summed E-state index contributed by atoms with van der Waals surface area (Å²) >= 11 is 0. The fraction of sp³-hybridized carbons (Fsp3) is 0.357. The van der Waals surface area contributed by atoms with Crippen molar-refractivity contribution >= 4 is 23.7 Å². The number of aliphatic carboxylic acids is 1. The number of methoxy groups -OCH3 is 2. The summed E-state index contributed by atoms with van der Waals surface area (Å²) in [5, 5.41) is 11.2. The van der Waals surface area contributed by atoms with E-state index in [1.807, 2.05) is 0 Å². The molecule has 8 nitrogen and oxygen atoms in total. The molecule has 1 aromatic rings. The standard InChI is InChI=1S/C14H18N2O6/c1-16(7-6-12(17)18)14(20)15-9-4-5-10(13(19)22-3)11(8-9)21-2/h4-5,8H,6-7H2,1-3H3,(H,15,20)(H,17,18). The first-order valence-corrected chi connectivity index (χ1v) is 6.39. The van der Waals surface area contributed by atoms with E-state index in [4.69, 9.17) is 9.84 Å². The molecule has 1 rings (SSSR count). The maximum atomic E-state index is 11.9. The Kier molecular flexibility index (Phi) is 6.18. The van der Waals surface area contributed by atoms with Gasteiger partial charge in [-0.1, -0.05) is 0 Å². The highest BCUT2D eigenvalue weighted by atomic mass is 16.5. The van der Waals surface area contributed by atoms with Gasteiger partial charge in [0.15, 0.2) is 0 Å². The quantitative estimate of drug-likeness (QED) is 0.770. The maximum Gasteiger partial charge on any atom is 0.341 e. The van der Waals surface area contributed by atoms with Gasteiger partial charge in [0.25, 0.3) is 0 Å². The van der Waals surface area contributed by atoms with Crippen LogP contribution in [0.2, 0.25) is 0 Å². The Morgan fingerprint density at radius 3 is 2.50 bits per heavy atom. The van der Waals surface area contributed by atoms with Crippen LogP contribution in [0.1, 0.15) is 16.8 Å². The van der Waals surface area contributed by atoms with Crippen molar-refractivity contribution in [2.24, 2.45) is 0 Å². The number of rotatable bonds is 6. The second kappa shape index (κ2) is 7.87. The number of amides is 2. The van der Waals surface area contributed by atoms with Crippen molar-refractivity contribution in [3.63, 3.8) is 0 Å². The first-order valence-electron chi connectivity index (χ1n) is 6.39. The van der Waals surface area contributed by atoms with E-state index in [2.05, 4.69) is 10.1 Å². The molecule has 0 unspecified atom stereocenters. The van der Waals surface area contributed by atoms with Gasteiger partial charge in [-0.15, -0.1) is 0 Å². The Bertz CT molecular complexity index is 572. The van der Waals surface area contributed by atoms with Crippen LogP contribution in [-0.2, 0) is 9.53 Å². The predicted octanol–water partition coefficient (Wildman–Crippen LogP) is 1.42. The zero-order valence-electron chi connectivity index (χ0n) is 12.6. The lowest BCUT2D eigenvalue weighted by Crippen LogP contribution is -2.33.